The quantitative estimate of drug-likeness (QED) is 0.856. The van der Waals surface area contributed by atoms with Gasteiger partial charge < -0.3 is 9.36 Å². The second-order valence-electron chi connectivity index (χ2n) is 5.26. The zero-order valence-electron chi connectivity index (χ0n) is 12.3. The summed E-state index contributed by atoms with van der Waals surface area (Å²) in [6.07, 6.45) is -2.26. The van der Waals surface area contributed by atoms with Gasteiger partial charge >= 0.3 is 12.1 Å². The number of benzene rings is 1. The van der Waals surface area contributed by atoms with E-state index in [9.17, 15) is 13.2 Å². The van der Waals surface area contributed by atoms with Crippen LogP contribution < -0.4 is 0 Å². The summed E-state index contributed by atoms with van der Waals surface area (Å²) in [4.78, 5) is 8.70. The van der Waals surface area contributed by atoms with Crippen molar-refractivity contribution >= 4 is 5.71 Å². The summed E-state index contributed by atoms with van der Waals surface area (Å²) < 4.78 is 41.6. The first kappa shape index (κ1) is 15.5. The molecule has 0 amide bonds. The molecule has 0 saturated carbocycles. The number of nitrogens with zero attached hydrogens (tertiary/aromatic N) is 3. The molecule has 1 aromatic heterocycles. The van der Waals surface area contributed by atoms with E-state index in [1.807, 2.05) is 19.1 Å². The first-order valence-corrected chi connectivity index (χ1v) is 7.17. The van der Waals surface area contributed by atoms with E-state index in [0.717, 1.165) is 24.1 Å². The molecular formula is C15H14F3N3O2. The maximum absolute atomic E-state index is 12.4. The van der Waals surface area contributed by atoms with E-state index in [1.165, 1.54) is 0 Å². The Bertz CT molecular complexity index is 708. The van der Waals surface area contributed by atoms with Crippen LogP contribution in [-0.2, 0) is 17.4 Å². The Morgan fingerprint density at radius 3 is 2.52 bits per heavy atom. The van der Waals surface area contributed by atoms with Crippen molar-refractivity contribution in [2.75, 3.05) is 0 Å². The second kappa shape index (κ2) is 6.02. The number of aromatic nitrogens is 2. The summed E-state index contributed by atoms with van der Waals surface area (Å²) in [6.45, 7) is 2.03. The van der Waals surface area contributed by atoms with Crippen molar-refractivity contribution in [3.05, 3.63) is 35.7 Å². The Kier molecular flexibility index (Phi) is 4.06. The largest absolute Gasteiger partial charge is 0.471 e. The highest BCUT2D eigenvalue weighted by Gasteiger charge is 2.38. The summed E-state index contributed by atoms with van der Waals surface area (Å²) >= 11 is 0. The van der Waals surface area contributed by atoms with Crippen molar-refractivity contribution < 1.29 is 22.5 Å². The van der Waals surface area contributed by atoms with Crippen LogP contribution in [0.2, 0.25) is 0 Å². The zero-order valence-corrected chi connectivity index (χ0v) is 12.3. The van der Waals surface area contributed by atoms with Gasteiger partial charge in [0, 0.05) is 18.4 Å². The number of halogens is 3. The predicted molar refractivity (Wildman–Crippen MR) is 75.7 cm³/mol. The van der Waals surface area contributed by atoms with Crippen LogP contribution in [0.1, 0.15) is 31.2 Å². The first-order chi connectivity index (χ1) is 11.0. The average Bonchev–Trinajstić information content (AvgIpc) is 3.16. The highest BCUT2D eigenvalue weighted by Crippen LogP contribution is 2.29. The van der Waals surface area contributed by atoms with Crippen molar-refractivity contribution in [1.29, 1.82) is 0 Å². The Morgan fingerprint density at radius 2 is 1.96 bits per heavy atom. The van der Waals surface area contributed by atoms with Gasteiger partial charge in [0.25, 0.3) is 0 Å². The molecule has 0 bridgehead atoms. The molecule has 23 heavy (non-hydrogen) atoms. The van der Waals surface area contributed by atoms with Gasteiger partial charge in [0.1, 0.15) is 6.10 Å². The maximum Gasteiger partial charge on any atom is 0.471 e. The van der Waals surface area contributed by atoms with Crippen LogP contribution in [0.25, 0.3) is 11.4 Å². The smallest absolute Gasteiger partial charge is 0.392 e. The lowest BCUT2D eigenvalue weighted by molar-refractivity contribution is -0.159. The average molecular weight is 325 g/mol. The molecule has 0 saturated heterocycles. The molecular weight excluding hydrogens is 311 g/mol. The van der Waals surface area contributed by atoms with E-state index in [-0.39, 0.29) is 11.9 Å². The topological polar surface area (TPSA) is 60.5 Å². The van der Waals surface area contributed by atoms with E-state index in [4.69, 9.17) is 4.84 Å². The fourth-order valence-corrected chi connectivity index (χ4v) is 2.31. The summed E-state index contributed by atoms with van der Waals surface area (Å²) in [5, 5.41) is 7.36. The van der Waals surface area contributed by atoms with Crippen LogP contribution in [0.3, 0.4) is 0 Å². The van der Waals surface area contributed by atoms with Gasteiger partial charge in [0.15, 0.2) is 0 Å². The van der Waals surface area contributed by atoms with E-state index in [2.05, 4.69) is 19.8 Å². The monoisotopic (exact) mass is 325 g/mol. The lowest BCUT2D eigenvalue weighted by Crippen LogP contribution is -2.11. The van der Waals surface area contributed by atoms with Crippen molar-refractivity contribution in [2.45, 2.75) is 38.5 Å². The van der Waals surface area contributed by atoms with Crippen LogP contribution in [0.5, 0.6) is 0 Å². The van der Waals surface area contributed by atoms with E-state index in [1.54, 1.807) is 12.1 Å². The minimum Gasteiger partial charge on any atom is -0.392 e. The predicted octanol–water partition coefficient (Wildman–Crippen LogP) is 3.85. The van der Waals surface area contributed by atoms with Gasteiger partial charge in [-0.25, -0.2) is 0 Å². The molecule has 8 heteroatoms. The van der Waals surface area contributed by atoms with Crippen LogP contribution in [0.4, 0.5) is 13.2 Å². The van der Waals surface area contributed by atoms with Crippen LogP contribution in [0, 0.1) is 0 Å². The molecule has 0 spiro atoms. The number of oxime groups is 1. The third kappa shape index (κ3) is 3.52. The molecule has 5 nitrogen and oxygen atoms in total. The Labute approximate surface area is 130 Å². The molecule has 1 aliphatic rings. The van der Waals surface area contributed by atoms with Gasteiger partial charge in [0.2, 0.25) is 5.82 Å². The summed E-state index contributed by atoms with van der Waals surface area (Å²) in [5.41, 5.74) is 2.51. The molecule has 122 valence electrons. The summed E-state index contributed by atoms with van der Waals surface area (Å²) in [6, 6.07) is 6.95. The van der Waals surface area contributed by atoms with Crippen molar-refractivity contribution in [3.63, 3.8) is 0 Å². The van der Waals surface area contributed by atoms with Gasteiger partial charge in [-0.2, -0.15) is 18.2 Å². The minimum absolute atomic E-state index is 0.0119. The minimum atomic E-state index is -4.64. The third-order valence-electron chi connectivity index (χ3n) is 3.55. The van der Waals surface area contributed by atoms with Gasteiger partial charge in [0.05, 0.1) is 5.71 Å². The highest BCUT2D eigenvalue weighted by atomic mass is 19.4. The third-order valence-corrected chi connectivity index (χ3v) is 3.55. The molecule has 1 aromatic carbocycles. The van der Waals surface area contributed by atoms with E-state index in [0.29, 0.717) is 12.0 Å². The van der Waals surface area contributed by atoms with Crippen LogP contribution in [-0.4, -0.2) is 22.0 Å². The molecule has 3 rings (SSSR count). The normalized spacial score (nSPS) is 17.9. The van der Waals surface area contributed by atoms with Gasteiger partial charge in [-0.05, 0) is 12.0 Å². The molecule has 0 aliphatic carbocycles. The second-order valence-corrected chi connectivity index (χ2v) is 5.26. The van der Waals surface area contributed by atoms with Crippen molar-refractivity contribution in [3.8, 4) is 11.4 Å². The highest BCUT2D eigenvalue weighted by molar-refractivity contribution is 5.85. The number of hydrogen-bond donors (Lipinski definition) is 0. The van der Waals surface area contributed by atoms with Gasteiger partial charge in [-0.15, -0.1) is 0 Å². The molecule has 2 aromatic rings. The fraction of sp³-hybridized carbons (Fsp3) is 0.400. The fourth-order valence-electron chi connectivity index (χ4n) is 2.31. The molecule has 0 fully saturated rings. The van der Waals surface area contributed by atoms with Gasteiger partial charge in [-0.3, -0.25) is 0 Å². The Hall–Kier alpha value is -2.38. The molecule has 1 unspecified atom stereocenters. The lowest BCUT2D eigenvalue weighted by Gasteiger charge is -2.08. The van der Waals surface area contributed by atoms with Crippen LogP contribution in [0.15, 0.2) is 33.9 Å². The number of hydrogen-bond acceptors (Lipinski definition) is 5. The van der Waals surface area contributed by atoms with Gasteiger partial charge in [-0.1, -0.05) is 41.5 Å². The molecule has 0 N–H and O–H groups in total. The van der Waals surface area contributed by atoms with Crippen molar-refractivity contribution in [2.24, 2.45) is 5.16 Å². The Balaban J connectivity index is 1.67. The summed E-state index contributed by atoms with van der Waals surface area (Å²) in [7, 11) is 0. The molecule has 2 heterocycles. The standard InChI is InChI=1S/C15H14F3N3O2/c1-2-11-8-12(22-20-11)7-9-3-5-10(6-4-9)13-19-14(23-21-13)15(16,17)18/h3-6,12H,2,7-8H2,1H3. The van der Waals surface area contributed by atoms with Crippen molar-refractivity contribution in [1.82, 2.24) is 10.1 Å². The Morgan fingerprint density at radius 1 is 1.22 bits per heavy atom. The van der Waals surface area contributed by atoms with E-state index < -0.39 is 12.1 Å². The van der Waals surface area contributed by atoms with E-state index >= 15 is 0 Å². The molecule has 1 atom stereocenters. The SMILES string of the molecule is CCC1=NOC(Cc2ccc(-c3noc(C(F)(F)F)n3)cc2)C1. The zero-order chi connectivity index (χ0) is 16.4. The number of rotatable bonds is 4. The maximum atomic E-state index is 12.4. The summed E-state index contributed by atoms with van der Waals surface area (Å²) in [5.74, 6) is -1.43. The first-order valence-electron chi connectivity index (χ1n) is 7.17. The lowest BCUT2D eigenvalue weighted by atomic mass is 10.0. The molecule has 0 radical (unpaired) electrons. The molecule has 1 aliphatic heterocycles. The van der Waals surface area contributed by atoms with Crippen LogP contribution >= 0.6 is 0 Å². The number of alkyl halides is 3.